The van der Waals surface area contributed by atoms with Crippen LogP contribution in [0.1, 0.15) is 47.9 Å². The standard InChI is InChI=1S/C28H36N2O4/c1-30(2,14-13-22-15-23-8-4-5-9-24(23)16-22)19-26(31)20-34-27-17-21(11-12-25(27)18-29)7-3-6-10-28(32)33/h4-5,8-9,11-12,17,22,26,31H,3,6-7,10,13-16,19-20H2,1-2H3/p+1/t26-/m1/s1. The van der Waals surface area contributed by atoms with Crippen LogP contribution in [0.2, 0.25) is 0 Å². The normalized spacial score (nSPS) is 14.4. The molecule has 2 N–H and O–H groups in total. The summed E-state index contributed by atoms with van der Waals surface area (Å²) in [5, 5.41) is 28.8. The molecule has 0 saturated carbocycles. The minimum absolute atomic E-state index is 0.133. The number of benzene rings is 2. The second-order valence-corrected chi connectivity index (χ2v) is 10.2. The molecule has 182 valence electrons. The second kappa shape index (κ2) is 12.0. The Morgan fingerprint density at radius 3 is 2.53 bits per heavy atom. The van der Waals surface area contributed by atoms with Crippen LogP contribution in [0.5, 0.6) is 5.75 Å². The van der Waals surface area contributed by atoms with Crippen molar-refractivity contribution in [3.05, 3.63) is 64.7 Å². The number of aryl methyl sites for hydroxylation is 1. The van der Waals surface area contributed by atoms with E-state index >= 15 is 0 Å². The molecule has 0 aliphatic heterocycles. The summed E-state index contributed by atoms with van der Waals surface area (Å²) in [4.78, 5) is 10.7. The minimum atomic E-state index is -0.785. The van der Waals surface area contributed by atoms with Crippen molar-refractivity contribution in [1.82, 2.24) is 0 Å². The summed E-state index contributed by atoms with van der Waals surface area (Å²) in [6.07, 6.45) is 5.04. The first-order valence-electron chi connectivity index (χ1n) is 12.2. The van der Waals surface area contributed by atoms with E-state index in [4.69, 9.17) is 9.84 Å². The van der Waals surface area contributed by atoms with Crippen molar-refractivity contribution in [3.8, 4) is 11.8 Å². The number of unbranched alkanes of at least 4 members (excludes halogenated alkanes) is 1. The van der Waals surface area contributed by atoms with Gasteiger partial charge in [-0.3, -0.25) is 4.79 Å². The second-order valence-electron chi connectivity index (χ2n) is 10.2. The van der Waals surface area contributed by atoms with Crippen molar-refractivity contribution in [1.29, 1.82) is 5.26 Å². The molecule has 0 amide bonds. The third-order valence-electron chi connectivity index (χ3n) is 6.69. The number of aliphatic hydroxyl groups excluding tert-OH is 1. The Kier molecular flexibility index (Phi) is 9.09. The van der Waals surface area contributed by atoms with Crippen LogP contribution in [0.15, 0.2) is 42.5 Å². The smallest absolute Gasteiger partial charge is 0.303 e. The summed E-state index contributed by atoms with van der Waals surface area (Å²) in [5.74, 6) is 0.360. The number of aliphatic hydroxyl groups is 1. The van der Waals surface area contributed by atoms with E-state index in [9.17, 15) is 15.2 Å². The molecule has 2 aromatic carbocycles. The van der Waals surface area contributed by atoms with Crippen molar-refractivity contribution >= 4 is 5.97 Å². The van der Waals surface area contributed by atoms with E-state index in [1.807, 2.05) is 12.1 Å². The molecule has 6 heteroatoms. The fourth-order valence-corrected chi connectivity index (χ4v) is 4.83. The Hall–Kier alpha value is -2.88. The highest BCUT2D eigenvalue weighted by Gasteiger charge is 2.26. The average Bonchev–Trinajstić information content (AvgIpc) is 3.22. The van der Waals surface area contributed by atoms with Crippen LogP contribution in [0.3, 0.4) is 0 Å². The van der Waals surface area contributed by atoms with Crippen molar-refractivity contribution in [2.45, 2.75) is 51.0 Å². The van der Waals surface area contributed by atoms with E-state index in [0.29, 0.717) is 34.7 Å². The average molecular weight is 466 g/mol. The number of hydrogen-bond acceptors (Lipinski definition) is 4. The predicted octanol–water partition coefficient (Wildman–Crippen LogP) is 3.98. The molecule has 0 fully saturated rings. The van der Waals surface area contributed by atoms with Gasteiger partial charge in [-0.2, -0.15) is 5.26 Å². The number of hydrogen-bond donors (Lipinski definition) is 2. The lowest BCUT2D eigenvalue weighted by Gasteiger charge is -2.32. The lowest BCUT2D eigenvalue weighted by Crippen LogP contribution is -2.48. The van der Waals surface area contributed by atoms with Crippen molar-refractivity contribution in [2.75, 3.05) is 33.8 Å². The van der Waals surface area contributed by atoms with E-state index in [2.05, 4.69) is 44.4 Å². The van der Waals surface area contributed by atoms with Gasteiger partial charge in [0.1, 0.15) is 31.1 Å². The van der Waals surface area contributed by atoms with Gasteiger partial charge in [-0.1, -0.05) is 30.3 Å². The molecule has 0 aromatic heterocycles. The van der Waals surface area contributed by atoms with Crippen molar-refractivity contribution < 1.29 is 24.2 Å². The molecule has 2 aromatic rings. The molecule has 0 saturated heterocycles. The molecule has 1 aliphatic rings. The molecule has 0 heterocycles. The van der Waals surface area contributed by atoms with Gasteiger partial charge >= 0.3 is 5.97 Å². The molecule has 1 aliphatic carbocycles. The van der Waals surface area contributed by atoms with Crippen LogP contribution in [0.25, 0.3) is 0 Å². The Morgan fingerprint density at radius 1 is 1.18 bits per heavy atom. The molecule has 0 radical (unpaired) electrons. The number of carboxylic acid groups (broad SMARTS) is 1. The molecular weight excluding hydrogens is 428 g/mol. The highest BCUT2D eigenvalue weighted by molar-refractivity contribution is 5.66. The number of likely N-dealkylation sites (N-methyl/N-ethyl adjacent to an activating group) is 1. The fraction of sp³-hybridized carbons (Fsp3) is 0.500. The van der Waals surface area contributed by atoms with Crippen molar-refractivity contribution in [3.63, 3.8) is 0 Å². The third kappa shape index (κ3) is 7.86. The first-order valence-corrected chi connectivity index (χ1v) is 12.2. The van der Waals surface area contributed by atoms with Gasteiger partial charge in [-0.25, -0.2) is 0 Å². The maximum absolute atomic E-state index is 10.7. The van der Waals surface area contributed by atoms with E-state index in [1.165, 1.54) is 11.1 Å². The Bertz CT molecular complexity index is 987. The number of aliphatic carboxylic acids is 1. The van der Waals surface area contributed by atoms with Crippen LogP contribution >= 0.6 is 0 Å². The number of carbonyl (C=O) groups is 1. The highest BCUT2D eigenvalue weighted by atomic mass is 16.5. The van der Waals surface area contributed by atoms with Crippen LogP contribution in [-0.2, 0) is 24.1 Å². The van der Waals surface area contributed by atoms with Crippen LogP contribution in [0, 0.1) is 17.2 Å². The summed E-state index contributed by atoms with van der Waals surface area (Å²) in [7, 11) is 4.29. The van der Waals surface area contributed by atoms with Gasteiger partial charge < -0.3 is 19.4 Å². The van der Waals surface area contributed by atoms with E-state index in [1.54, 1.807) is 6.07 Å². The largest absolute Gasteiger partial charge is 0.489 e. The Morgan fingerprint density at radius 2 is 1.88 bits per heavy atom. The Labute approximate surface area is 203 Å². The van der Waals surface area contributed by atoms with E-state index in [0.717, 1.165) is 44.2 Å². The molecule has 6 nitrogen and oxygen atoms in total. The monoisotopic (exact) mass is 465 g/mol. The summed E-state index contributed by atoms with van der Waals surface area (Å²) in [5.41, 5.74) is 4.39. The number of nitriles is 1. The first-order chi connectivity index (χ1) is 16.3. The predicted molar refractivity (Wildman–Crippen MR) is 132 cm³/mol. The van der Waals surface area contributed by atoms with Crippen LogP contribution < -0.4 is 4.74 Å². The lowest BCUT2D eigenvalue weighted by molar-refractivity contribution is -0.894. The van der Waals surface area contributed by atoms with E-state index < -0.39 is 12.1 Å². The van der Waals surface area contributed by atoms with Gasteiger partial charge in [0.25, 0.3) is 0 Å². The summed E-state index contributed by atoms with van der Waals surface area (Å²) >= 11 is 0. The number of fused-ring (bicyclic) bond motifs is 1. The van der Waals surface area contributed by atoms with Crippen molar-refractivity contribution in [2.24, 2.45) is 5.92 Å². The molecule has 0 unspecified atom stereocenters. The molecule has 0 spiro atoms. The SMILES string of the molecule is C[N+](C)(CCC1Cc2ccccc2C1)C[C@@H](O)COc1cc(CCCCC(=O)O)ccc1C#N. The molecule has 34 heavy (non-hydrogen) atoms. The summed E-state index contributed by atoms with van der Waals surface area (Å²) < 4.78 is 6.58. The quantitative estimate of drug-likeness (QED) is 0.345. The van der Waals surface area contributed by atoms with Gasteiger partial charge in [0.15, 0.2) is 0 Å². The van der Waals surface area contributed by atoms with Gasteiger partial charge in [0.05, 0.1) is 26.2 Å². The third-order valence-corrected chi connectivity index (χ3v) is 6.69. The molecule has 3 rings (SSSR count). The fourth-order valence-electron chi connectivity index (χ4n) is 4.83. The number of rotatable bonds is 13. The maximum atomic E-state index is 10.7. The maximum Gasteiger partial charge on any atom is 0.303 e. The van der Waals surface area contributed by atoms with Gasteiger partial charge in [0.2, 0.25) is 0 Å². The number of quaternary nitrogens is 1. The lowest BCUT2D eigenvalue weighted by atomic mass is 10.0. The zero-order valence-corrected chi connectivity index (χ0v) is 20.4. The van der Waals surface area contributed by atoms with Crippen LogP contribution in [0.4, 0.5) is 0 Å². The Balaban J connectivity index is 1.45. The molecule has 0 bridgehead atoms. The van der Waals surface area contributed by atoms with Crippen LogP contribution in [-0.4, -0.2) is 60.6 Å². The molecular formula is C28H37N2O4+. The molecule has 1 atom stereocenters. The minimum Gasteiger partial charge on any atom is -0.489 e. The number of carboxylic acids is 1. The van der Waals surface area contributed by atoms with Gasteiger partial charge in [0, 0.05) is 12.8 Å². The number of ether oxygens (including phenoxy) is 1. The number of nitrogens with zero attached hydrogens (tertiary/aromatic N) is 2. The first kappa shape index (κ1) is 25.7. The van der Waals surface area contributed by atoms with Gasteiger partial charge in [-0.05, 0) is 66.8 Å². The summed E-state index contributed by atoms with van der Waals surface area (Å²) in [6.45, 7) is 1.70. The summed E-state index contributed by atoms with van der Waals surface area (Å²) in [6, 6.07) is 16.3. The zero-order valence-electron chi connectivity index (χ0n) is 20.4. The van der Waals surface area contributed by atoms with E-state index in [-0.39, 0.29) is 13.0 Å². The highest BCUT2D eigenvalue weighted by Crippen LogP contribution is 2.29. The van der Waals surface area contributed by atoms with Gasteiger partial charge in [-0.15, -0.1) is 0 Å². The zero-order chi connectivity index (χ0) is 24.6. The topological polar surface area (TPSA) is 90.6 Å².